The SMILES string of the molecule is COc1ccc(CNc2ccccc2OC)c([CH]=[Ru]([Cl])[Cl])c1. The van der Waals surface area contributed by atoms with E-state index in [1.807, 2.05) is 47.1 Å². The van der Waals surface area contributed by atoms with Crippen LogP contribution in [0.25, 0.3) is 0 Å². The van der Waals surface area contributed by atoms with E-state index in [4.69, 9.17) is 28.9 Å². The molecule has 0 heterocycles. The summed E-state index contributed by atoms with van der Waals surface area (Å²) < 4.78 is 12.5. The second-order valence-corrected chi connectivity index (χ2v) is 10.2. The average molecular weight is 427 g/mol. The van der Waals surface area contributed by atoms with Crippen LogP contribution in [-0.2, 0) is 20.1 Å². The topological polar surface area (TPSA) is 30.5 Å². The Morgan fingerprint density at radius 1 is 1.09 bits per heavy atom. The molecule has 6 heteroatoms. The molecule has 1 N–H and O–H groups in total. The summed E-state index contributed by atoms with van der Waals surface area (Å²) in [6, 6.07) is 13.7. The molecule has 0 aliphatic heterocycles. The Morgan fingerprint density at radius 2 is 1.86 bits per heavy atom. The fourth-order valence-corrected chi connectivity index (χ4v) is 3.88. The van der Waals surface area contributed by atoms with Gasteiger partial charge in [-0.05, 0) is 0 Å². The summed E-state index contributed by atoms with van der Waals surface area (Å²) in [5, 5.41) is 3.38. The van der Waals surface area contributed by atoms with Gasteiger partial charge >= 0.3 is 144 Å². The molecular formula is C16H17Cl2NO2Ru. The van der Waals surface area contributed by atoms with Crippen LogP contribution >= 0.6 is 19.4 Å². The third-order valence-electron chi connectivity index (χ3n) is 3.12. The van der Waals surface area contributed by atoms with E-state index in [-0.39, 0.29) is 0 Å². The van der Waals surface area contributed by atoms with E-state index >= 15 is 0 Å². The zero-order chi connectivity index (χ0) is 15.9. The van der Waals surface area contributed by atoms with Crippen LogP contribution in [0.4, 0.5) is 5.69 Å². The molecule has 0 aliphatic carbocycles. The Balaban J connectivity index is 2.23. The van der Waals surface area contributed by atoms with E-state index in [0.717, 1.165) is 28.3 Å². The molecule has 0 aromatic heterocycles. The van der Waals surface area contributed by atoms with Crippen LogP contribution in [0.1, 0.15) is 11.1 Å². The first-order chi connectivity index (χ1) is 10.6. The molecule has 2 aromatic rings. The summed E-state index contributed by atoms with van der Waals surface area (Å²) >= 11 is -1.90. The third-order valence-corrected chi connectivity index (χ3v) is 4.95. The number of ether oxygens (including phenoxy) is 2. The number of rotatable bonds is 6. The van der Waals surface area contributed by atoms with Gasteiger partial charge in [0.2, 0.25) is 0 Å². The van der Waals surface area contributed by atoms with Crippen molar-refractivity contribution < 1.29 is 23.0 Å². The maximum atomic E-state index is 6.02. The maximum absolute atomic E-state index is 6.02. The van der Waals surface area contributed by atoms with Gasteiger partial charge in [-0.15, -0.1) is 0 Å². The molecule has 0 bridgehead atoms. The summed E-state index contributed by atoms with van der Waals surface area (Å²) in [6.07, 6.45) is 0. The second-order valence-electron chi connectivity index (χ2n) is 4.43. The average Bonchev–Trinajstić information content (AvgIpc) is 2.53. The van der Waals surface area contributed by atoms with Crippen molar-refractivity contribution in [3.8, 4) is 11.5 Å². The van der Waals surface area contributed by atoms with Crippen molar-refractivity contribution in [3.63, 3.8) is 0 Å². The number of hydrogen-bond donors (Lipinski definition) is 1. The van der Waals surface area contributed by atoms with Crippen molar-refractivity contribution in [1.82, 2.24) is 0 Å². The van der Waals surface area contributed by atoms with Crippen molar-refractivity contribution in [2.24, 2.45) is 0 Å². The minimum atomic E-state index is -1.90. The van der Waals surface area contributed by atoms with Crippen molar-refractivity contribution in [1.29, 1.82) is 0 Å². The molecule has 120 valence electrons. The Morgan fingerprint density at radius 3 is 2.55 bits per heavy atom. The summed E-state index contributed by atoms with van der Waals surface area (Å²) in [5.74, 6) is 1.60. The van der Waals surface area contributed by atoms with Gasteiger partial charge < -0.3 is 0 Å². The van der Waals surface area contributed by atoms with Crippen LogP contribution in [0.3, 0.4) is 0 Å². The molecule has 22 heavy (non-hydrogen) atoms. The first-order valence-corrected chi connectivity index (χ1v) is 12.0. The normalized spacial score (nSPS) is 10.8. The van der Waals surface area contributed by atoms with Crippen LogP contribution in [0, 0.1) is 0 Å². The summed E-state index contributed by atoms with van der Waals surface area (Å²) in [4.78, 5) is 0. The van der Waals surface area contributed by atoms with E-state index in [0.29, 0.717) is 6.54 Å². The number of para-hydroxylation sites is 2. The summed E-state index contributed by atoms with van der Waals surface area (Å²) in [5.41, 5.74) is 3.05. The van der Waals surface area contributed by atoms with Gasteiger partial charge in [-0.2, -0.15) is 0 Å². The molecule has 0 amide bonds. The van der Waals surface area contributed by atoms with E-state index in [1.165, 1.54) is 0 Å². The van der Waals surface area contributed by atoms with Crippen molar-refractivity contribution >= 4 is 29.7 Å². The molecule has 3 nitrogen and oxygen atoms in total. The van der Waals surface area contributed by atoms with Crippen LogP contribution in [0.5, 0.6) is 11.5 Å². The molecule has 0 aliphatic rings. The van der Waals surface area contributed by atoms with Crippen LogP contribution in [-0.4, -0.2) is 18.8 Å². The standard InChI is InChI=1S/C16H17NO2.2ClH.Ru/c1-12-10-14(18-2)9-8-13(12)11-17-15-6-4-5-7-16(15)19-3;;;/h1,4-10,17H,11H2,2-3H3;2*1H;/q;;;+2/p-2. The molecule has 0 radical (unpaired) electrons. The van der Waals surface area contributed by atoms with Crippen LogP contribution in [0.15, 0.2) is 42.5 Å². The Kier molecular flexibility index (Phi) is 6.69. The number of benzene rings is 2. The van der Waals surface area contributed by atoms with Gasteiger partial charge in [-0.3, -0.25) is 0 Å². The Bertz CT molecular complexity index is 673. The molecule has 2 rings (SSSR count). The number of methoxy groups -OCH3 is 2. The monoisotopic (exact) mass is 427 g/mol. The molecule has 2 aromatic carbocycles. The number of halogens is 2. The van der Waals surface area contributed by atoms with E-state index in [1.54, 1.807) is 14.2 Å². The predicted octanol–water partition coefficient (Wildman–Crippen LogP) is 4.39. The number of nitrogens with one attached hydrogen (secondary N) is 1. The Labute approximate surface area is 143 Å². The van der Waals surface area contributed by atoms with Gasteiger partial charge in [0.15, 0.2) is 0 Å². The molecule has 0 saturated heterocycles. The van der Waals surface area contributed by atoms with E-state index < -0.39 is 13.5 Å². The van der Waals surface area contributed by atoms with Crippen molar-refractivity contribution in [2.45, 2.75) is 6.54 Å². The zero-order valence-electron chi connectivity index (χ0n) is 12.3. The first kappa shape index (κ1) is 17.3. The number of hydrogen-bond acceptors (Lipinski definition) is 3. The molecule has 0 saturated carbocycles. The predicted molar refractivity (Wildman–Crippen MR) is 90.2 cm³/mol. The van der Waals surface area contributed by atoms with Crippen molar-refractivity contribution in [3.05, 3.63) is 53.6 Å². The summed E-state index contributed by atoms with van der Waals surface area (Å²) in [6.45, 7) is 0.645. The molecule has 0 unspecified atom stereocenters. The Hall–Kier alpha value is -1.09. The number of anilines is 1. The van der Waals surface area contributed by atoms with Crippen molar-refractivity contribution in [2.75, 3.05) is 19.5 Å². The third kappa shape index (κ3) is 4.71. The summed E-state index contributed by atoms with van der Waals surface area (Å²) in [7, 11) is 15.3. The quantitative estimate of drug-likeness (QED) is 0.694. The fourth-order valence-electron chi connectivity index (χ4n) is 2.02. The van der Waals surface area contributed by atoms with Gasteiger partial charge in [-0.1, -0.05) is 0 Å². The molecule has 0 atom stereocenters. The van der Waals surface area contributed by atoms with E-state index in [9.17, 15) is 0 Å². The second kappa shape index (κ2) is 8.52. The van der Waals surface area contributed by atoms with Gasteiger partial charge in [0, 0.05) is 0 Å². The first-order valence-electron chi connectivity index (χ1n) is 6.51. The van der Waals surface area contributed by atoms with Gasteiger partial charge in [0.05, 0.1) is 0 Å². The molecular weight excluding hydrogens is 410 g/mol. The van der Waals surface area contributed by atoms with Gasteiger partial charge in [-0.25, -0.2) is 0 Å². The van der Waals surface area contributed by atoms with E-state index in [2.05, 4.69) is 5.32 Å². The van der Waals surface area contributed by atoms with Crippen LogP contribution in [0.2, 0.25) is 0 Å². The van der Waals surface area contributed by atoms with Gasteiger partial charge in [0.1, 0.15) is 0 Å². The molecule has 0 spiro atoms. The molecule has 0 fully saturated rings. The minimum absolute atomic E-state index is 0.645. The van der Waals surface area contributed by atoms with Crippen LogP contribution < -0.4 is 14.8 Å². The fraction of sp³-hybridized carbons (Fsp3) is 0.188. The van der Waals surface area contributed by atoms with Gasteiger partial charge in [0.25, 0.3) is 0 Å². The zero-order valence-corrected chi connectivity index (χ0v) is 15.5.